The monoisotopic (exact) mass is 510 g/mol. The number of hydrogen-bond acceptors (Lipinski definition) is 7. The fourth-order valence-corrected chi connectivity index (χ4v) is 5.54. The molecule has 5 unspecified atom stereocenters. The van der Waals surface area contributed by atoms with Gasteiger partial charge in [-0.3, -0.25) is 18.1 Å². The van der Waals surface area contributed by atoms with Crippen molar-refractivity contribution in [3.05, 3.63) is 0 Å². The summed E-state index contributed by atoms with van der Waals surface area (Å²) in [5, 5.41) is -1.78. The molecule has 0 N–H and O–H groups in total. The van der Waals surface area contributed by atoms with Gasteiger partial charge in [0.05, 0.1) is 47.9 Å². The van der Waals surface area contributed by atoms with Gasteiger partial charge in [0, 0.05) is 0 Å². The largest absolute Gasteiger partial charge is 0.475 e. The molecule has 0 rings (SSSR count). The Kier molecular flexibility index (Phi) is 14.4. The van der Waals surface area contributed by atoms with Crippen LogP contribution in [0, 0.1) is 0 Å². The standard InChI is InChI=1S/C14H28Cl4O7P2/c1-10(15)6-21-26(19,22-7-11(2)16)14(5)25-27(20,23-8-12(3)17)24-9-13(4)18/h10-14H,6-9H2,1-5H3. The molecule has 164 valence electrons. The van der Waals surface area contributed by atoms with E-state index in [1.807, 2.05) is 0 Å². The number of hydrogen-bond donors (Lipinski definition) is 0. The predicted octanol–water partition coefficient (Wildman–Crippen LogP) is 6.23. The van der Waals surface area contributed by atoms with Crippen LogP contribution in [0.3, 0.4) is 0 Å². The minimum Gasteiger partial charge on any atom is -0.305 e. The van der Waals surface area contributed by atoms with Crippen molar-refractivity contribution < 1.29 is 31.7 Å². The highest BCUT2D eigenvalue weighted by molar-refractivity contribution is 7.55. The lowest BCUT2D eigenvalue weighted by atomic mass is 10.5. The predicted molar refractivity (Wildman–Crippen MR) is 111 cm³/mol. The molecule has 0 heterocycles. The number of phosphoric acid groups is 1. The Morgan fingerprint density at radius 3 is 1.22 bits per heavy atom. The second-order valence-electron chi connectivity index (χ2n) is 6.00. The van der Waals surface area contributed by atoms with E-state index in [2.05, 4.69) is 0 Å². The third-order valence-corrected chi connectivity index (χ3v) is 6.81. The van der Waals surface area contributed by atoms with Gasteiger partial charge in [-0.1, -0.05) is 0 Å². The van der Waals surface area contributed by atoms with Crippen molar-refractivity contribution >= 4 is 61.8 Å². The average molecular weight is 512 g/mol. The summed E-state index contributed by atoms with van der Waals surface area (Å²) in [6, 6.07) is 0. The summed E-state index contributed by atoms with van der Waals surface area (Å²) in [5.41, 5.74) is 0. The molecule has 0 aromatic rings. The fraction of sp³-hybridized carbons (Fsp3) is 1.00. The first-order valence-corrected chi connectivity index (χ1v) is 13.1. The van der Waals surface area contributed by atoms with Crippen molar-refractivity contribution in [1.29, 1.82) is 0 Å². The van der Waals surface area contributed by atoms with Crippen molar-refractivity contribution in [1.82, 2.24) is 0 Å². The van der Waals surface area contributed by atoms with Crippen LogP contribution in [0.4, 0.5) is 0 Å². The highest BCUT2D eigenvalue weighted by Crippen LogP contribution is 2.61. The van der Waals surface area contributed by atoms with Gasteiger partial charge < -0.3 is 9.05 Å². The first-order chi connectivity index (χ1) is 12.3. The maximum Gasteiger partial charge on any atom is 0.475 e. The van der Waals surface area contributed by atoms with Crippen LogP contribution >= 0.6 is 61.8 Å². The Balaban J connectivity index is 5.32. The molecule has 0 aliphatic carbocycles. The summed E-state index contributed by atoms with van der Waals surface area (Å²) in [6.45, 7) is 7.56. The molecule has 0 fully saturated rings. The van der Waals surface area contributed by atoms with Gasteiger partial charge in [-0.2, -0.15) is 0 Å². The van der Waals surface area contributed by atoms with E-state index in [0.29, 0.717) is 0 Å². The molecule has 5 atom stereocenters. The Morgan fingerprint density at radius 1 is 0.630 bits per heavy atom. The molecule has 0 radical (unpaired) electrons. The van der Waals surface area contributed by atoms with E-state index in [0.717, 1.165) is 0 Å². The fourth-order valence-electron chi connectivity index (χ4n) is 1.39. The summed E-state index contributed by atoms with van der Waals surface area (Å²) in [7, 11) is -8.04. The van der Waals surface area contributed by atoms with Crippen molar-refractivity contribution in [2.45, 2.75) is 62.0 Å². The van der Waals surface area contributed by atoms with Crippen molar-refractivity contribution in [3.8, 4) is 0 Å². The Hall–Kier alpha value is 1.42. The van der Waals surface area contributed by atoms with Gasteiger partial charge in [-0.25, -0.2) is 4.57 Å². The van der Waals surface area contributed by atoms with E-state index in [1.54, 1.807) is 27.7 Å². The van der Waals surface area contributed by atoms with Crippen molar-refractivity contribution in [2.75, 3.05) is 26.4 Å². The molecule has 0 amide bonds. The first-order valence-electron chi connectivity index (χ1n) is 8.32. The molecule has 0 bridgehead atoms. The molecule has 0 aliphatic rings. The molecular weight excluding hydrogens is 484 g/mol. The van der Waals surface area contributed by atoms with Crippen LogP contribution in [-0.2, 0) is 31.7 Å². The third kappa shape index (κ3) is 13.4. The molecule has 0 aromatic carbocycles. The molecule has 0 saturated heterocycles. The van der Waals surface area contributed by atoms with Crippen LogP contribution in [0.25, 0.3) is 0 Å². The molecule has 0 aromatic heterocycles. The van der Waals surface area contributed by atoms with Gasteiger partial charge in [0.25, 0.3) is 0 Å². The number of rotatable bonds is 15. The van der Waals surface area contributed by atoms with Crippen LogP contribution in [-0.4, -0.2) is 53.8 Å². The lowest BCUT2D eigenvalue weighted by Gasteiger charge is -2.28. The van der Waals surface area contributed by atoms with E-state index in [-0.39, 0.29) is 26.4 Å². The van der Waals surface area contributed by atoms with Crippen molar-refractivity contribution in [2.24, 2.45) is 0 Å². The maximum absolute atomic E-state index is 13.1. The van der Waals surface area contributed by atoms with Crippen molar-refractivity contribution in [3.63, 3.8) is 0 Å². The van der Waals surface area contributed by atoms with Gasteiger partial charge in [0.2, 0.25) is 0 Å². The van der Waals surface area contributed by atoms with E-state index in [9.17, 15) is 9.13 Å². The Morgan fingerprint density at radius 2 is 0.926 bits per heavy atom. The third-order valence-electron chi connectivity index (χ3n) is 2.62. The van der Waals surface area contributed by atoms with Gasteiger partial charge in [-0.05, 0) is 34.6 Å². The normalized spacial score (nSPS) is 22.3. The van der Waals surface area contributed by atoms with Crippen LogP contribution < -0.4 is 0 Å². The second-order valence-corrected chi connectivity index (χ2v) is 12.9. The Bertz CT molecular complexity index is 474. The zero-order valence-electron chi connectivity index (χ0n) is 16.0. The van der Waals surface area contributed by atoms with Gasteiger partial charge >= 0.3 is 15.4 Å². The highest BCUT2D eigenvalue weighted by Gasteiger charge is 2.41. The molecule has 0 saturated carbocycles. The highest BCUT2D eigenvalue weighted by atomic mass is 35.5. The number of halogens is 4. The zero-order valence-corrected chi connectivity index (χ0v) is 20.8. The summed E-state index contributed by atoms with van der Waals surface area (Å²) in [4.78, 5) is 0. The lowest BCUT2D eigenvalue weighted by molar-refractivity contribution is 0.0889. The number of alkyl halides is 4. The van der Waals surface area contributed by atoms with Gasteiger partial charge in [-0.15, -0.1) is 46.4 Å². The summed E-state index contributed by atoms with van der Waals surface area (Å²) in [6.07, 6.45) is 0. The molecule has 0 aliphatic heterocycles. The van der Waals surface area contributed by atoms with E-state index >= 15 is 0 Å². The lowest BCUT2D eigenvalue weighted by Crippen LogP contribution is -2.19. The summed E-state index contributed by atoms with van der Waals surface area (Å²) >= 11 is 23.4. The van der Waals surface area contributed by atoms with Gasteiger partial charge in [0.15, 0.2) is 5.85 Å². The molecule has 27 heavy (non-hydrogen) atoms. The smallest absolute Gasteiger partial charge is 0.305 e. The average Bonchev–Trinajstić information content (AvgIpc) is 2.54. The minimum absolute atomic E-state index is 0.0767. The molecular formula is C14H28Cl4O7P2. The van der Waals surface area contributed by atoms with Crippen LogP contribution in [0.1, 0.15) is 34.6 Å². The number of phosphoric ester groups is 1. The summed E-state index contributed by atoms with van der Waals surface area (Å²) < 4.78 is 52.4. The van der Waals surface area contributed by atoms with E-state index in [4.69, 9.17) is 69.0 Å². The molecule has 13 heteroatoms. The van der Waals surface area contributed by atoms with Crippen LogP contribution in [0.5, 0.6) is 0 Å². The minimum atomic E-state index is -4.14. The first kappa shape index (κ1) is 28.4. The molecule has 0 spiro atoms. The topological polar surface area (TPSA) is 80.3 Å². The van der Waals surface area contributed by atoms with Crippen LogP contribution in [0.15, 0.2) is 0 Å². The van der Waals surface area contributed by atoms with Gasteiger partial charge in [0.1, 0.15) is 0 Å². The zero-order chi connectivity index (χ0) is 21.3. The Labute approximate surface area is 181 Å². The van der Waals surface area contributed by atoms with Crippen LogP contribution in [0.2, 0.25) is 0 Å². The quantitative estimate of drug-likeness (QED) is 0.190. The maximum atomic E-state index is 13.1. The molecule has 7 nitrogen and oxygen atoms in total. The summed E-state index contributed by atoms with van der Waals surface area (Å²) in [5.74, 6) is -1.29. The van der Waals surface area contributed by atoms with E-state index in [1.165, 1.54) is 6.92 Å². The SMILES string of the molecule is CC(Cl)COP(=O)(OCC(C)Cl)OC(C)P(=O)(OCC(C)Cl)OCC(C)Cl. The second kappa shape index (κ2) is 13.7. The van der Waals surface area contributed by atoms with E-state index < -0.39 is 42.8 Å².